The van der Waals surface area contributed by atoms with E-state index in [-0.39, 0.29) is 11.8 Å². The third kappa shape index (κ3) is 2.94. The number of carbonyl (C=O) groups excluding carboxylic acids is 1. The van der Waals surface area contributed by atoms with Gasteiger partial charge in [-0.1, -0.05) is 41.5 Å². The van der Waals surface area contributed by atoms with Crippen molar-refractivity contribution in [2.24, 2.45) is 5.92 Å². The van der Waals surface area contributed by atoms with Crippen LogP contribution in [0.25, 0.3) is 21.2 Å². The SMILES string of the molecule is O=C(Nc1ncc(-c2ccc3cnc(Cl)cc3c2)s1)C1CCC1. The van der Waals surface area contributed by atoms with Crippen molar-refractivity contribution in [2.45, 2.75) is 19.3 Å². The zero-order valence-electron chi connectivity index (χ0n) is 12.3. The van der Waals surface area contributed by atoms with E-state index in [9.17, 15) is 4.79 Å². The highest BCUT2D eigenvalue weighted by molar-refractivity contribution is 7.19. The number of nitrogens with zero attached hydrogens (tertiary/aromatic N) is 2. The van der Waals surface area contributed by atoms with E-state index in [1.54, 1.807) is 12.4 Å². The minimum Gasteiger partial charge on any atom is -0.302 e. The molecule has 0 bridgehead atoms. The van der Waals surface area contributed by atoms with E-state index in [2.05, 4.69) is 21.4 Å². The summed E-state index contributed by atoms with van der Waals surface area (Å²) in [5.41, 5.74) is 1.06. The number of rotatable bonds is 3. The Labute approximate surface area is 142 Å². The first-order chi connectivity index (χ1) is 11.2. The zero-order valence-corrected chi connectivity index (χ0v) is 13.8. The van der Waals surface area contributed by atoms with Crippen molar-refractivity contribution in [2.75, 3.05) is 5.32 Å². The van der Waals surface area contributed by atoms with E-state index < -0.39 is 0 Å². The molecule has 0 aliphatic heterocycles. The van der Waals surface area contributed by atoms with Gasteiger partial charge in [-0.15, -0.1) is 0 Å². The number of amides is 1. The molecule has 1 saturated carbocycles. The second-order valence-electron chi connectivity index (χ2n) is 5.72. The molecule has 0 radical (unpaired) electrons. The molecule has 0 spiro atoms. The minimum absolute atomic E-state index is 0.0912. The number of fused-ring (bicyclic) bond motifs is 1. The first kappa shape index (κ1) is 14.6. The van der Waals surface area contributed by atoms with E-state index in [1.165, 1.54) is 11.3 Å². The highest BCUT2D eigenvalue weighted by Crippen LogP contribution is 2.33. The van der Waals surface area contributed by atoms with Crippen LogP contribution in [0.1, 0.15) is 19.3 Å². The van der Waals surface area contributed by atoms with Gasteiger partial charge in [0.1, 0.15) is 5.15 Å². The molecule has 1 N–H and O–H groups in total. The zero-order chi connectivity index (χ0) is 15.8. The predicted octanol–water partition coefficient (Wildman–Crippen LogP) is 4.75. The number of benzene rings is 1. The van der Waals surface area contributed by atoms with Gasteiger partial charge < -0.3 is 5.32 Å². The number of aromatic nitrogens is 2. The van der Waals surface area contributed by atoms with Gasteiger partial charge in [0.05, 0.1) is 4.88 Å². The monoisotopic (exact) mass is 343 g/mol. The number of carbonyl (C=O) groups is 1. The molecule has 1 aliphatic rings. The number of halogens is 1. The van der Waals surface area contributed by atoms with Gasteiger partial charge in [0.15, 0.2) is 5.13 Å². The third-order valence-corrected chi connectivity index (χ3v) is 5.35. The molecule has 116 valence electrons. The van der Waals surface area contributed by atoms with Gasteiger partial charge in [-0.2, -0.15) is 0 Å². The van der Waals surface area contributed by atoms with Crippen molar-refractivity contribution in [1.82, 2.24) is 9.97 Å². The Kier molecular flexibility index (Phi) is 3.75. The van der Waals surface area contributed by atoms with Gasteiger partial charge in [-0.3, -0.25) is 4.79 Å². The minimum atomic E-state index is 0.0912. The second-order valence-corrected chi connectivity index (χ2v) is 7.13. The number of thiazole rings is 1. The van der Waals surface area contributed by atoms with Crippen molar-refractivity contribution < 1.29 is 4.79 Å². The summed E-state index contributed by atoms with van der Waals surface area (Å²) in [7, 11) is 0. The smallest absolute Gasteiger partial charge is 0.229 e. The van der Waals surface area contributed by atoms with Crippen molar-refractivity contribution in [1.29, 1.82) is 0 Å². The maximum Gasteiger partial charge on any atom is 0.229 e. The second kappa shape index (κ2) is 5.91. The average molecular weight is 344 g/mol. The summed E-state index contributed by atoms with van der Waals surface area (Å²) in [5, 5.41) is 6.13. The number of hydrogen-bond donors (Lipinski definition) is 1. The van der Waals surface area contributed by atoms with E-state index >= 15 is 0 Å². The summed E-state index contributed by atoms with van der Waals surface area (Å²) in [6, 6.07) is 7.96. The Morgan fingerprint density at radius 1 is 1.17 bits per heavy atom. The fraction of sp³-hybridized carbons (Fsp3) is 0.235. The van der Waals surface area contributed by atoms with Crippen LogP contribution in [0.5, 0.6) is 0 Å². The van der Waals surface area contributed by atoms with Crippen LogP contribution in [0.4, 0.5) is 5.13 Å². The Balaban J connectivity index is 1.59. The van der Waals surface area contributed by atoms with Gasteiger partial charge in [0.2, 0.25) is 5.91 Å². The van der Waals surface area contributed by atoms with E-state index in [0.29, 0.717) is 10.3 Å². The first-order valence-corrected chi connectivity index (χ1v) is 8.71. The lowest BCUT2D eigenvalue weighted by atomic mass is 9.85. The molecule has 1 amide bonds. The average Bonchev–Trinajstić information content (AvgIpc) is 2.93. The fourth-order valence-corrected chi connectivity index (χ4v) is 3.59. The molecule has 23 heavy (non-hydrogen) atoms. The highest BCUT2D eigenvalue weighted by atomic mass is 35.5. The Morgan fingerprint density at radius 2 is 2.04 bits per heavy atom. The third-order valence-electron chi connectivity index (χ3n) is 4.18. The summed E-state index contributed by atoms with van der Waals surface area (Å²) in [6.45, 7) is 0. The predicted molar refractivity (Wildman–Crippen MR) is 93.8 cm³/mol. The van der Waals surface area contributed by atoms with Crippen LogP contribution in [0, 0.1) is 5.92 Å². The summed E-state index contributed by atoms with van der Waals surface area (Å²) in [4.78, 5) is 21.4. The topological polar surface area (TPSA) is 54.9 Å². The van der Waals surface area contributed by atoms with Crippen molar-refractivity contribution >= 4 is 44.7 Å². The van der Waals surface area contributed by atoms with Crippen LogP contribution in [-0.4, -0.2) is 15.9 Å². The Bertz CT molecular complexity index is 888. The van der Waals surface area contributed by atoms with Crippen molar-refractivity contribution in [3.8, 4) is 10.4 Å². The summed E-state index contributed by atoms with van der Waals surface area (Å²) < 4.78 is 0. The summed E-state index contributed by atoms with van der Waals surface area (Å²) in [5.74, 6) is 0.256. The van der Waals surface area contributed by atoms with Crippen LogP contribution in [-0.2, 0) is 4.79 Å². The molecule has 2 aromatic heterocycles. The molecular weight excluding hydrogens is 330 g/mol. The number of hydrogen-bond acceptors (Lipinski definition) is 4. The fourth-order valence-electron chi connectivity index (χ4n) is 2.61. The lowest BCUT2D eigenvalue weighted by molar-refractivity contribution is -0.122. The molecule has 3 aromatic rings. The molecule has 2 heterocycles. The summed E-state index contributed by atoms with van der Waals surface area (Å²) in [6.07, 6.45) is 6.69. The first-order valence-electron chi connectivity index (χ1n) is 7.51. The van der Waals surface area contributed by atoms with Crippen LogP contribution in [0.15, 0.2) is 36.7 Å². The quantitative estimate of drug-likeness (QED) is 0.698. The van der Waals surface area contributed by atoms with Crippen LogP contribution in [0.3, 0.4) is 0 Å². The number of pyridine rings is 1. The molecule has 1 aliphatic carbocycles. The molecular formula is C17H14ClN3OS. The van der Waals surface area contributed by atoms with Gasteiger partial charge in [0, 0.05) is 23.7 Å². The maximum atomic E-state index is 12.0. The number of anilines is 1. The van der Waals surface area contributed by atoms with E-state index in [4.69, 9.17) is 11.6 Å². The molecule has 1 aromatic carbocycles. The lowest BCUT2D eigenvalue weighted by Crippen LogP contribution is -2.27. The van der Waals surface area contributed by atoms with E-state index in [1.807, 2.05) is 18.2 Å². The highest BCUT2D eigenvalue weighted by Gasteiger charge is 2.25. The molecule has 0 atom stereocenters. The van der Waals surface area contributed by atoms with Gasteiger partial charge in [-0.05, 0) is 35.9 Å². The van der Waals surface area contributed by atoms with Gasteiger partial charge in [0.25, 0.3) is 0 Å². The molecule has 1 fully saturated rings. The van der Waals surface area contributed by atoms with Crippen LogP contribution in [0.2, 0.25) is 5.15 Å². The Hall–Kier alpha value is -1.98. The normalized spacial score (nSPS) is 14.7. The lowest BCUT2D eigenvalue weighted by Gasteiger charge is -2.23. The molecule has 6 heteroatoms. The Morgan fingerprint density at radius 3 is 2.83 bits per heavy atom. The molecule has 0 unspecified atom stereocenters. The van der Waals surface area contributed by atoms with Crippen molar-refractivity contribution in [3.05, 3.63) is 41.8 Å². The number of nitrogens with one attached hydrogen (secondary N) is 1. The molecule has 4 rings (SSSR count). The van der Waals surface area contributed by atoms with E-state index in [0.717, 1.165) is 40.5 Å². The largest absolute Gasteiger partial charge is 0.302 e. The molecule has 4 nitrogen and oxygen atoms in total. The maximum absolute atomic E-state index is 12.0. The van der Waals surface area contributed by atoms with Crippen LogP contribution >= 0.6 is 22.9 Å². The van der Waals surface area contributed by atoms with Gasteiger partial charge in [-0.25, -0.2) is 9.97 Å². The van der Waals surface area contributed by atoms with Crippen molar-refractivity contribution in [3.63, 3.8) is 0 Å². The van der Waals surface area contributed by atoms with Crippen LogP contribution < -0.4 is 5.32 Å². The summed E-state index contributed by atoms with van der Waals surface area (Å²) >= 11 is 7.45. The standard InChI is InChI=1S/C17H14ClN3OS/c18-15-7-13-6-11(4-5-12(13)8-19-15)14-9-20-17(23-14)21-16(22)10-2-1-3-10/h4-10H,1-3H2,(H,20,21,22). The van der Waals surface area contributed by atoms with Gasteiger partial charge >= 0.3 is 0 Å². The molecule has 0 saturated heterocycles.